The molecule has 0 radical (unpaired) electrons. The summed E-state index contributed by atoms with van der Waals surface area (Å²) in [5.41, 5.74) is 0. The summed E-state index contributed by atoms with van der Waals surface area (Å²) < 4.78 is 10.8. The molecule has 1 aromatic rings. The van der Waals surface area contributed by atoms with Crippen molar-refractivity contribution in [2.45, 2.75) is 6.10 Å². The predicted molar refractivity (Wildman–Crippen MR) is 67.7 cm³/mol. The van der Waals surface area contributed by atoms with E-state index in [1.54, 1.807) is 19.2 Å². The molecule has 0 aliphatic carbocycles. The Morgan fingerprint density at radius 3 is 2.94 bits per heavy atom. The highest BCUT2D eigenvalue weighted by molar-refractivity contribution is 5.70. The molecule has 1 saturated heterocycles. The zero-order valence-electron chi connectivity index (χ0n) is 10.5. The first-order chi connectivity index (χ1) is 8.75. The fourth-order valence-electron chi connectivity index (χ4n) is 1.78. The summed E-state index contributed by atoms with van der Waals surface area (Å²) >= 11 is 0. The number of para-hydroxylation sites is 1. The third kappa shape index (κ3) is 3.72. The number of amides is 1. The molecule has 1 aliphatic rings. The summed E-state index contributed by atoms with van der Waals surface area (Å²) in [5, 5.41) is 3.23. The third-order valence-electron chi connectivity index (χ3n) is 2.74. The van der Waals surface area contributed by atoms with E-state index in [2.05, 4.69) is 5.32 Å². The fraction of sp³-hybridized carbons (Fsp3) is 0.462. The topological polar surface area (TPSA) is 50.8 Å². The van der Waals surface area contributed by atoms with Crippen LogP contribution in [0.4, 0.5) is 4.79 Å². The fourth-order valence-corrected chi connectivity index (χ4v) is 1.78. The minimum Gasteiger partial charge on any atom is -0.410 e. The second kappa shape index (κ2) is 6.37. The van der Waals surface area contributed by atoms with Gasteiger partial charge in [-0.25, -0.2) is 4.79 Å². The summed E-state index contributed by atoms with van der Waals surface area (Å²) in [6, 6.07) is 9.05. The average molecular weight is 250 g/mol. The van der Waals surface area contributed by atoms with Crippen LogP contribution in [0.1, 0.15) is 0 Å². The van der Waals surface area contributed by atoms with Gasteiger partial charge in [0.1, 0.15) is 5.75 Å². The SMILES string of the molecule is CN(CC1CNCCO1)C(=O)Oc1ccccc1. The van der Waals surface area contributed by atoms with Crippen LogP contribution in [-0.4, -0.2) is 50.4 Å². The normalized spacial score (nSPS) is 19.3. The van der Waals surface area contributed by atoms with E-state index in [4.69, 9.17) is 9.47 Å². The first-order valence-electron chi connectivity index (χ1n) is 6.06. The lowest BCUT2D eigenvalue weighted by Gasteiger charge is -2.27. The Hall–Kier alpha value is -1.59. The second-order valence-corrected chi connectivity index (χ2v) is 4.26. The molecule has 1 unspecified atom stereocenters. The van der Waals surface area contributed by atoms with Crippen LogP contribution in [0, 0.1) is 0 Å². The highest BCUT2D eigenvalue weighted by Gasteiger charge is 2.19. The lowest BCUT2D eigenvalue weighted by molar-refractivity contribution is 0.0124. The van der Waals surface area contributed by atoms with Gasteiger partial charge >= 0.3 is 6.09 Å². The van der Waals surface area contributed by atoms with Crippen LogP contribution in [0.15, 0.2) is 30.3 Å². The highest BCUT2D eigenvalue weighted by atomic mass is 16.6. The van der Waals surface area contributed by atoms with E-state index >= 15 is 0 Å². The van der Waals surface area contributed by atoms with Gasteiger partial charge in [0.15, 0.2) is 0 Å². The van der Waals surface area contributed by atoms with Crippen molar-refractivity contribution in [3.05, 3.63) is 30.3 Å². The Bertz CT molecular complexity index is 377. The standard InChI is InChI=1S/C13H18N2O3/c1-15(10-12-9-14-7-8-17-12)13(16)18-11-5-3-2-4-6-11/h2-6,12,14H,7-10H2,1H3. The Kier molecular flexibility index (Phi) is 4.55. The van der Waals surface area contributed by atoms with Gasteiger partial charge in [-0.3, -0.25) is 0 Å². The van der Waals surface area contributed by atoms with Crippen molar-refractivity contribution in [1.29, 1.82) is 0 Å². The number of benzene rings is 1. The van der Waals surface area contributed by atoms with Gasteiger partial charge < -0.3 is 19.7 Å². The van der Waals surface area contributed by atoms with Crippen molar-refractivity contribution in [2.24, 2.45) is 0 Å². The molecule has 0 bridgehead atoms. The minimum atomic E-state index is -0.365. The number of carbonyl (C=O) groups excluding carboxylic acids is 1. The van der Waals surface area contributed by atoms with Crippen molar-refractivity contribution in [3.63, 3.8) is 0 Å². The number of hydrogen-bond acceptors (Lipinski definition) is 4. The first kappa shape index (κ1) is 12.9. The van der Waals surface area contributed by atoms with Crippen molar-refractivity contribution in [1.82, 2.24) is 10.2 Å². The van der Waals surface area contributed by atoms with Gasteiger partial charge in [-0.15, -0.1) is 0 Å². The molecule has 0 saturated carbocycles. The van der Waals surface area contributed by atoms with Gasteiger partial charge in [0.05, 0.1) is 19.3 Å². The number of rotatable bonds is 3. The highest BCUT2D eigenvalue weighted by Crippen LogP contribution is 2.10. The van der Waals surface area contributed by atoms with E-state index < -0.39 is 0 Å². The summed E-state index contributed by atoms with van der Waals surface area (Å²) in [5.74, 6) is 0.553. The number of morpholine rings is 1. The molecule has 2 rings (SSSR count). The molecular formula is C13H18N2O3. The number of likely N-dealkylation sites (N-methyl/N-ethyl adjacent to an activating group) is 1. The molecule has 18 heavy (non-hydrogen) atoms. The van der Waals surface area contributed by atoms with Crippen molar-refractivity contribution >= 4 is 6.09 Å². The third-order valence-corrected chi connectivity index (χ3v) is 2.74. The molecule has 5 nitrogen and oxygen atoms in total. The lowest BCUT2D eigenvalue weighted by atomic mass is 10.3. The molecular weight excluding hydrogens is 232 g/mol. The summed E-state index contributed by atoms with van der Waals surface area (Å²) in [6.45, 7) is 2.85. The molecule has 0 aromatic heterocycles. The number of hydrogen-bond donors (Lipinski definition) is 1. The molecule has 1 aromatic carbocycles. The van der Waals surface area contributed by atoms with Gasteiger partial charge in [0.2, 0.25) is 0 Å². The summed E-state index contributed by atoms with van der Waals surface area (Å²) in [4.78, 5) is 13.3. The van der Waals surface area contributed by atoms with Gasteiger partial charge in [0.25, 0.3) is 0 Å². The van der Waals surface area contributed by atoms with E-state index in [1.807, 2.05) is 18.2 Å². The monoisotopic (exact) mass is 250 g/mol. The van der Waals surface area contributed by atoms with Crippen molar-refractivity contribution in [2.75, 3.05) is 33.3 Å². The Morgan fingerprint density at radius 1 is 1.50 bits per heavy atom. The van der Waals surface area contributed by atoms with Crippen LogP contribution < -0.4 is 10.1 Å². The van der Waals surface area contributed by atoms with Crippen LogP contribution in [0.25, 0.3) is 0 Å². The molecule has 1 aliphatic heterocycles. The molecule has 1 N–H and O–H groups in total. The molecule has 1 atom stereocenters. The summed E-state index contributed by atoms with van der Waals surface area (Å²) in [7, 11) is 1.71. The van der Waals surface area contributed by atoms with E-state index in [9.17, 15) is 4.79 Å². The maximum Gasteiger partial charge on any atom is 0.415 e. The van der Waals surface area contributed by atoms with Gasteiger partial charge in [-0.05, 0) is 12.1 Å². The molecule has 0 spiro atoms. The van der Waals surface area contributed by atoms with E-state index in [0.29, 0.717) is 18.9 Å². The van der Waals surface area contributed by atoms with Crippen LogP contribution in [-0.2, 0) is 4.74 Å². The molecule has 98 valence electrons. The average Bonchev–Trinajstić information content (AvgIpc) is 2.41. The summed E-state index contributed by atoms with van der Waals surface area (Å²) in [6.07, 6.45) is -0.331. The van der Waals surface area contributed by atoms with Crippen molar-refractivity contribution < 1.29 is 14.3 Å². The van der Waals surface area contributed by atoms with Crippen molar-refractivity contribution in [3.8, 4) is 5.75 Å². The molecule has 1 heterocycles. The quantitative estimate of drug-likeness (QED) is 0.873. The lowest BCUT2D eigenvalue weighted by Crippen LogP contribution is -2.46. The maximum absolute atomic E-state index is 11.8. The number of nitrogens with zero attached hydrogens (tertiary/aromatic N) is 1. The Labute approximate surface area is 107 Å². The van der Waals surface area contributed by atoms with Gasteiger partial charge in [0, 0.05) is 20.1 Å². The number of nitrogens with one attached hydrogen (secondary N) is 1. The van der Waals surface area contributed by atoms with Crippen LogP contribution in [0.2, 0.25) is 0 Å². The van der Waals surface area contributed by atoms with Crippen LogP contribution >= 0.6 is 0 Å². The smallest absolute Gasteiger partial charge is 0.410 e. The Balaban J connectivity index is 1.81. The second-order valence-electron chi connectivity index (χ2n) is 4.26. The predicted octanol–water partition coefficient (Wildman–Crippen LogP) is 1.11. The zero-order valence-corrected chi connectivity index (χ0v) is 10.5. The van der Waals surface area contributed by atoms with Gasteiger partial charge in [-0.2, -0.15) is 0 Å². The van der Waals surface area contributed by atoms with E-state index in [-0.39, 0.29) is 12.2 Å². The number of ether oxygens (including phenoxy) is 2. The zero-order chi connectivity index (χ0) is 12.8. The number of carbonyl (C=O) groups is 1. The maximum atomic E-state index is 11.8. The minimum absolute atomic E-state index is 0.0343. The Morgan fingerprint density at radius 2 is 2.28 bits per heavy atom. The van der Waals surface area contributed by atoms with Crippen LogP contribution in [0.5, 0.6) is 5.75 Å². The first-order valence-corrected chi connectivity index (χ1v) is 6.06. The van der Waals surface area contributed by atoms with Crippen LogP contribution in [0.3, 0.4) is 0 Å². The van der Waals surface area contributed by atoms with E-state index in [0.717, 1.165) is 13.1 Å². The molecule has 1 fully saturated rings. The molecule has 1 amide bonds. The van der Waals surface area contributed by atoms with E-state index in [1.165, 1.54) is 4.90 Å². The largest absolute Gasteiger partial charge is 0.415 e. The molecule has 5 heteroatoms. The van der Waals surface area contributed by atoms with Gasteiger partial charge in [-0.1, -0.05) is 18.2 Å².